The Kier molecular flexibility index (Phi) is 14.9. The van der Waals surface area contributed by atoms with Crippen LogP contribution >= 0.6 is 0 Å². The predicted molar refractivity (Wildman–Crippen MR) is 142 cm³/mol. The van der Waals surface area contributed by atoms with Gasteiger partial charge in [-0.05, 0) is 53.4 Å². The number of nitrogens with two attached hydrogens (primary N) is 1. The van der Waals surface area contributed by atoms with E-state index in [9.17, 15) is 24.8 Å². The number of nitro groups is 1. The first-order chi connectivity index (χ1) is 17.2. The first-order valence-electron chi connectivity index (χ1n) is 11.2. The number of benzene rings is 2. The Labute approximate surface area is 216 Å². The molecule has 2 aromatic rings. The van der Waals surface area contributed by atoms with Crippen LogP contribution in [-0.2, 0) is 0 Å². The molecular formula is C24H38N6O7. The lowest BCUT2D eigenvalue weighted by atomic mass is 10.1. The van der Waals surface area contributed by atoms with Crippen molar-refractivity contribution in [3.63, 3.8) is 0 Å². The third kappa shape index (κ3) is 12.0. The zero-order valence-electron chi connectivity index (χ0n) is 22.1. The second kappa shape index (κ2) is 16.7. The van der Waals surface area contributed by atoms with Gasteiger partial charge >= 0.3 is 11.7 Å². The van der Waals surface area contributed by atoms with Gasteiger partial charge in [-0.25, -0.2) is 4.79 Å². The minimum atomic E-state index is -1.40. The van der Waals surface area contributed by atoms with Crippen molar-refractivity contribution in [3.8, 4) is 11.5 Å². The van der Waals surface area contributed by atoms with E-state index in [1.807, 2.05) is 26.0 Å². The second-order valence-electron chi connectivity index (χ2n) is 8.42. The van der Waals surface area contributed by atoms with Gasteiger partial charge in [0.15, 0.2) is 5.75 Å². The molecule has 0 saturated carbocycles. The van der Waals surface area contributed by atoms with Crippen molar-refractivity contribution < 1.29 is 29.8 Å². The monoisotopic (exact) mass is 522 g/mol. The summed E-state index contributed by atoms with van der Waals surface area (Å²) >= 11 is 0. The van der Waals surface area contributed by atoms with Gasteiger partial charge in [-0.2, -0.15) is 0 Å². The van der Waals surface area contributed by atoms with Crippen molar-refractivity contribution in [2.45, 2.75) is 0 Å². The van der Waals surface area contributed by atoms with Crippen molar-refractivity contribution in [1.82, 2.24) is 20.0 Å². The number of amides is 1. The number of carbonyl (C=O) groups excluding carboxylic acids is 1. The largest absolute Gasteiger partial charge is 0.505 e. The summed E-state index contributed by atoms with van der Waals surface area (Å²) in [7, 11) is 11.7. The van der Waals surface area contributed by atoms with Gasteiger partial charge in [0.1, 0.15) is 5.56 Å². The third-order valence-corrected chi connectivity index (χ3v) is 4.78. The number of aromatic carboxylic acids is 1. The van der Waals surface area contributed by atoms with Gasteiger partial charge in [-0.3, -0.25) is 14.9 Å². The van der Waals surface area contributed by atoms with Crippen LogP contribution in [0.15, 0.2) is 36.4 Å². The van der Waals surface area contributed by atoms with E-state index in [1.165, 1.54) is 6.07 Å². The van der Waals surface area contributed by atoms with Gasteiger partial charge in [0.25, 0.3) is 5.91 Å². The maximum atomic E-state index is 12.0. The number of aromatic hydroxyl groups is 2. The lowest BCUT2D eigenvalue weighted by Crippen LogP contribution is -2.33. The first-order valence-corrected chi connectivity index (χ1v) is 11.2. The van der Waals surface area contributed by atoms with Crippen molar-refractivity contribution in [1.29, 1.82) is 0 Å². The number of anilines is 1. The molecule has 0 fully saturated rings. The first kappa shape index (κ1) is 33.1. The number of nitrogens with one attached hydrogen (secondary N) is 1. The van der Waals surface area contributed by atoms with Gasteiger partial charge in [0.05, 0.1) is 16.2 Å². The van der Waals surface area contributed by atoms with Crippen LogP contribution in [0.5, 0.6) is 11.5 Å². The number of carboxylic acid groups (broad SMARTS) is 1. The Balaban J connectivity index is 0.000000573. The van der Waals surface area contributed by atoms with Gasteiger partial charge < -0.3 is 41.1 Å². The molecule has 2 rings (SSSR count). The van der Waals surface area contributed by atoms with E-state index < -0.39 is 27.9 Å². The maximum Gasteiger partial charge on any atom is 0.339 e. The molecule has 2 aromatic carbocycles. The Morgan fingerprint density at radius 2 is 1.46 bits per heavy atom. The minimum absolute atomic E-state index is 0.144. The molecule has 13 heteroatoms. The molecule has 0 aliphatic carbocycles. The van der Waals surface area contributed by atoms with E-state index in [1.54, 1.807) is 30.1 Å². The average Bonchev–Trinajstić information content (AvgIpc) is 2.83. The minimum Gasteiger partial charge on any atom is -0.505 e. The fourth-order valence-corrected chi connectivity index (χ4v) is 2.58. The molecule has 0 aliphatic rings. The van der Waals surface area contributed by atoms with Crippen LogP contribution in [0.25, 0.3) is 0 Å². The third-order valence-electron chi connectivity index (χ3n) is 4.78. The predicted octanol–water partition coefficient (Wildman–Crippen LogP) is 1.37. The van der Waals surface area contributed by atoms with Gasteiger partial charge in [0, 0.05) is 39.3 Å². The summed E-state index contributed by atoms with van der Waals surface area (Å²) in [5, 5.41) is 40.6. The zero-order valence-corrected chi connectivity index (χ0v) is 22.1. The van der Waals surface area contributed by atoms with E-state index in [-0.39, 0.29) is 22.9 Å². The lowest BCUT2D eigenvalue weighted by Gasteiger charge is -2.20. The summed E-state index contributed by atoms with van der Waals surface area (Å²) in [6.07, 6.45) is 0. The summed E-state index contributed by atoms with van der Waals surface area (Å²) in [6.45, 7) is 3.56. The normalized spacial score (nSPS) is 10.2. The second-order valence-corrected chi connectivity index (χ2v) is 8.42. The number of phenolic OH excluding ortho intramolecular Hbond substituents is 1. The Morgan fingerprint density at radius 3 is 1.92 bits per heavy atom. The topological polar surface area (TPSA) is 186 Å². The number of likely N-dealkylation sites (N-methyl/N-ethyl adjacent to an activating group) is 4. The Morgan fingerprint density at radius 1 is 0.919 bits per heavy atom. The molecule has 206 valence electrons. The number of hydrogen-bond acceptors (Lipinski definition) is 10. The SMILES string of the molecule is CN(C)CCN(C)C(=O)c1cccc(N)c1O.CNCCN(C)C.O=C(O)c1cccc([N+](=O)[O-])c1O. The lowest BCUT2D eigenvalue weighted by molar-refractivity contribution is -0.385. The molecule has 0 atom stereocenters. The van der Waals surface area contributed by atoms with Crippen molar-refractivity contribution >= 4 is 23.3 Å². The highest BCUT2D eigenvalue weighted by Gasteiger charge is 2.20. The highest BCUT2D eigenvalue weighted by atomic mass is 16.6. The van der Waals surface area contributed by atoms with Crippen LogP contribution in [0.3, 0.4) is 0 Å². The smallest absolute Gasteiger partial charge is 0.339 e. The van der Waals surface area contributed by atoms with E-state index in [2.05, 4.69) is 24.3 Å². The van der Waals surface area contributed by atoms with E-state index >= 15 is 0 Å². The molecular weight excluding hydrogens is 484 g/mol. The highest BCUT2D eigenvalue weighted by molar-refractivity contribution is 5.98. The number of carbonyl (C=O) groups is 2. The van der Waals surface area contributed by atoms with Crippen molar-refractivity contribution in [2.24, 2.45) is 0 Å². The Hall–Kier alpha value is -3.94. The van der Waals surface area contributed by atoms with Crippen molar-refractivity contribution in [3.05, 3.63) is 57.6 Å². The molecule has 0 bridgehead atoms. The van der Waals surface area contributed by atoms with Gasteiger partial charge in [0.2, 0.25) is 5.75 Å². The molecule has 37 heavy (non-hydrogen) atoms. The molecule has 1 amide bonds. The zero-order chi connectivity index (χ0) is 28.7. The van der Waals surface area contributed by atoms with Gasteiger partial charge in [-0.15, -0.1) is 0 Å². The van der Waals surface area contributed by atoms with E-state index in [0.29, 0.717) is 6.54 Å². The number of hydrogen-bond donors (Lipinski definition) is 5. The molecule has 0 radical (unpaired) electrons. The standard InChI is InChI=1S/C12H19N3O2.C7H5NO5.C5H14N2/c1-14(2)7-8-15(3)12(17)9-5-4-6-10(13)11(9)16;9-6-4(7(10)11)2-1-3-5(6)8(12)13;1-6-4-5-7(2)3/h4-6,16H,7-8,13H2,1-3H3;1-3,9H,(H,10,11);6H,4-5H2,1-3H3. The molecule has 0 saturated heterocycles. The molecule has 0 aromatic heterocycles. The van der Waals surface area contributed by atoms with Crippen LogP contribution in [0.4, 0.5) is 11.4 Å². The van der Waals surface area contributed by atoms with Crippen LogP contribution in [0.1, 0.15) is 20.7 Å². The Bertz CT molecular complexity index is 998. The summed E-state index contributed by atoms with van der Waals surface area (Å²) < 4.78 is 0. The van der Waals surface area contributed by atoms with Crippen LogP contribution in [0.2, 0.25) is 0 Å². The number of nitrogens with zero attached hydrogens (tertiary/aromatic N) is 4. The van der Waals surface area contributed by atoms with Gasteiger partial charge in [-0.1, -0.05) is 12.1 Å². The van der Waals surface area contributed by atoms with Crippen LogP contribution < -0.4 is 11.1 Å². The number of nitrogen functional groups attached to an aromatic ring is 1. The summed E-state index contributed by atoms with van der Waals surface area (Å²) in [5.74, 6) is -2.59. The fourth-order valence-electron chi connectivity index (χ4n) is 2.58. The number of para-hydroxylation sites is 2. The van der Waals surface area contributed by atoms with Crippen LogP contribution in [-0.4, -0.2) is 115 Å². The summed E-state index contributed by atoms with van der Waals surface area (Å²) in [5.41, 5.74) is 4.92. The molecule has 13 nitrogen and oxygen atoms in total. The van der Waals surface area contributed by atoms with Crippen molar-refractivity contribution in [2.75, 3.05) is 74.2 Å². The molecule has 6 N–H and O–H groups in total. The van der Waals surface area contributed by atoms with E-state index in [0.717, 1.165) is 31.8 Å². The number of carboxylic acids is 1. The average molecular weight is 523 g/mol. The summed E-state index contributed by atoms with van der Waals surface area (Å²) in [6, 6.07) is 8.10. The molecule has 0 heterocycles. The molecule has 0 spiro atoms. The number of nitro benzene ring substituents is 1. The molecule has 0 unspecified atom stereocenters. The van der Waals surface area contributed by atoms with Crippen LogP contribution in [0, 0.1) is 10.1 Å². The number of phenols is 2. The fraction of sp³-hybridized carbons (Fsp3) is 0.417. The highest BCUT2D eigenvalue weighted by Crippen LogP contribution is 2.29. The molecule has 0 aliphatic heterocycles. The maximum absolute atomic E-state index is 12.0. The quantitative estimate of drug-likeness (QED) is 0.139. The summed E-state index contributed by atoms with van der Waals surface area (Å²) in [4.78, 5) is 37.5. The number of rotatable bonds is 9. The van der Waals surface area contributed by atoms with E-state index in [4.69, 9.17) is 15.9 Å².